The zero-order valence-corrected chi connectivity index (χ0v) is 24.0. The molecule has 8 heteroatoms. The molecule has 6 aliphatic rings. The Morgan fingerprint density at radius 3 is 2.45 bits per heavy atom. The Balaban J connectivity index is 1.07. The second-order valence-corrected chi connectivity index (χ2v) is 13.9. The van der Waals surface area contributed by atoms with E-state index in [1.165, 1.54) is 12.8 Å². The van der Waals surface area contributed by atoms with Crippen LogP contribution in [0.2, 0.25) is 0 Å². The molecule has 8 rings (SSSR count). The monoisotopic (exact) mass is 551 g/mol. The predicted octanol–water partition coefficient (Wildman–Crippen LogP) is 6.20. The Morgan fingerprint density at radius 2 is 1.75 bits per heavy atom. The van der Waals surface area contributed by atoms with Crippen molar-refractivity contribution >= 4 is 5.91 Å². The Hall–Kier alpha value is -2.35. The van der Waals surface area contributed by atoms with E-state index in [2.05, 4.69) is 57.9 Å². The van der Waals surface area contributed by atoms with Gasteiger partial charge in [0.15, 0.2) is 0 Å². The Bertz CT molecular complexity index is 1250. The summed E-state index contributed by atoms with van der Waals surface area (Å²) in [6, 6.07) is 11.4. The van der Waals surface area contributed by atoms with Crippen LogP contribution in [0.1, 0.15) is 107 Å². The van der Waals surface area contributed by atoms with E-state index >= 15 is 8.78 Å². The molecule has 216 valence electrons. The summed E-state index contributed by atoms with van der Waals surface area (Å²) in [5.74, 6) is -1.50. The number of amides is 1. The number of aryl methyl sites for hydroxylation is 1. The van der Waals surface area contributed by atoms with E-state index < -0.39 is 23.2 Å². The van der Waals surface area contributed by atoms with Crippen LogP contribution in [0.25, 0.3) is 0 Å². The topological polar surface area (TPSA) is 63.1 Å². The summed E-state index contributed by atoms with van der Waals surface area (Å²) in [6.45, 7) is 7.34. The summed E-state index contributed by atoms with van der Waals surface area (Å²) in [6.07, 6.45) is 7.47. The highest BCUT2D eigenvalue weighted by atomic mass is 19.3. The van der Waals surface area contributed by atoms with Crippen molar-refractivity contribution in [2.24, 2.45) is 23.2 Å². The maximum Gasteiger partial charge on any atom is 0.254 e. The second kappa shape index (κ2) is 9.60. The van der Waals surface area contributed by atoms with Crippen molar-refractivity contribution in [1.29, 1.82) is 0 Å². The first-order valence-electron chi connectivity index (χ1n) is 15.6. The van der Waals surface area contributed by atoms with Gasteiger partial charge in [0, 0.05) is 42.4 Å². The molecule has 6 bridgehead atoms. The van der Waals surface area contributed by atoms with Gasteiger partial charge in [-0.15, -0.1) is 10.2 Å². The molecule has 2 saturated heterocycles. The summed E-state index contributed by atoms with van der Waals surface area (Å²) in [5.41, 5.74) is 0.187. The van der Waals surface area contributed by atoms with Crippen molar-refractivity contribution < 1.29 is 13.6 Å². The van der Waals surface area contributed by atoms with Gasteiger partial charge in [-0.3, -0.25) is 9.69 Å². The van der Waals surface area contributed by atoms with Crippen LogP contribution < -0.4 is 5.32 Å². The van der Waals surface area contributed by atoms with Gasteiger partial charge in [0.25, 0.3) is 5.92 Å². The normalized spacial score (nSPS) is 36.5. The largest absolute Gasteiger partial charge is 0.349 e. The van der Waals surface area contributed by atoms with Gasteiger partial charge in [-0.05, 0) is 76.2 Å². The molecule has 2 aliphatic heterocycles. The fourth-order valence-electron chi connectivity index (χ4n) is 9.72. The second-order valence-electron chi connectivity index (χ2n) is 13.9. The number of hydrogen-bond acceptors (Lipinski definition) is 4. The lowest BCUT2D eigenvalue weighted by molar-refractivity contribution is -0.138. The van der Waals surface area contributed by atoms with Crippen LogP contribution in [0.15, 0.2) is 30.3 Å². The summed E-state index contributed by atoms with van der Waals surface area (Å²) in [4.78, 5) is 16.6. The minimum atomic E-state index is -2.70. The van der Waals surface area contributed by atoms with Crippen molar-refractivity contribution in [3.05, 3.63) is 47.5 Å². The molecule has 1 amide bonds. The van der Waals surface area contributed by atoms with E-state index in [1.54, 1.807) is 0 Å². The molecule has 1 aromatic carbocycles. The standard InChI is InChI=1S/C32H43F2N5O/c1-19(2)29-37-36-20(3)39(29)26-15-24-9-10-25(16-26)38(24)12-11-27(22-7-5-4-6-8-22)35-30(40)31-17-21-13-23(18-31)32(33,34)28(31)14-21/h4-8,19,21,23-28H,9-18H2,1-3H3,(H,35,40)/t21?,23?,24-,25?,26?,27-,28?,31?/m0/s1. The number of piperidine rings is 1. The number of aromatic nitrogens is 3. The average molecular weight is 552 g/mol. The van der Waals surface area contributed by atoms with E-state index in [0.29, 0.717) is 49.7 Å². The Morgan fingerprint density at radius 1 is 1.02 bits per heavy atom. The highest BCUT2D eigenvalue weighted by Gasteiger charge is 2.73. The van der Waals surface area contributed by atoms with Crippen molar-refractivity contribution in [3.63, 3.8) is 0 Å². The van der Waals surface area contributed by atoms with Gasteiger partial charge in [-0.25, -0.2) is 8.78 Å². The average Bonchev–Trinajstić information content (AvgIpc) is 3.57. The number of benzene rings is 1. The van der Waals surface area contributed by atoms with Gasteiger partial charge in [0.1, 0.15) is 11.6 Å². The highest BCUT2D eigenvalue weighted by Crippen LogP contribution is 2.71. The van der Waals surface area contributed by atoms with Crippen LogP contribution in [-0.2, 0) is 4.79 Å². The van der Waals surface area contributed by atoms with Gasteiger partial charge in [-0.2, -0.15) is 0 Å². The van der Waals surface area contributed by atoms with E-state index in [-0.39, 0.29) is 17.9 Å². The quantitative estimate of drug-likeness (QED) is 0.425. The molecule has 6 unspecified atom stereocenters. The lowest BCUT2D eigenvalue weighted by Crippen LogP contribution is -2.47. The molecular formula is C32H43F2N5O. The van der Waals surface area contributed by atoms with E-state index in [9.17, 15) is 4.79 Å². The minimum absolute atomic E-state index is 0.123. The first-order valence-corrected chi connectivity index (χ1v) is 15.6. The zero-order chi connectivity index (χ0) is 27.8. The molecule has 0 spiro atoms. The zero-order valence-electron chi connectivity index (χ0n) is 24.0. The number of halogens is 2. The number of nitrogens with one attached hydrogen (secondary N) is 1. The van der Waals surface area contributed by atoms with Gasteiger partial charge in [-0.1, -0.05) is 44.2 Å². The molecule has 3 heterocycles. The number of carbonyl (C=O) groups excluding carboxylic acids is 1. The third kappa shape index (κ3) is 4.06. The highest BCUT2D eigenvalue weighted by molar-refractivity contribution is 5.85. The van der Waals surface area contributed by atoms with Crippen molar-refractivity contribution in [3.8, 4) is 0 Å². The minimum Gasteiger partial charge on any atom is -0.349 e. The lowest BCUT2D eigenvalue weighted by atomic mass is 9.74. The molecule has 8 atom stereocenters. The molecule has 1 N–H and O–H groups in total. The fourth-order valence-corrected chi connectivity index (χ4v) is 9.72. The third-order valence-corrected chi connectivity index (χ3v) is 11.4. The van der Waals surface area contributed by atoms with Crippen molar-refractivity contribution in [2.45, 2.75) is 115 Å². The fraction of sp³-hybridized carbons (Fsp3) is 0.719. The molecule has 0 radical (unpaired) electrons. The predicted molar refractivity (Wildman–Crippen MR) is 149 cm³/mol. The molecule has 6 nitrogen and oxygen atoms in total. The number of nitrogens with zero attached hydrogens (tertiary/aromatic N) is 4. The Kier molecular flexibility index (Phi) is 6.37. The number of carbonyl (C=O) groups is 1. The number of rotatable bonds is 8. The maximum atomic E-state index is 15.1. The molecule has 4 aliphatic carbocycles. The van der Waals surface area contributed by atoms with E-state index in [4.69, 9.17) is 0 Å². The van der Waals surface area contributed by atoms with Crippen LogP contribution in [0.5, 0.6) is 0 Å². The molecule has 2 aromatic rings. The molecule has 40 heavy (non-hydrogen) atoms. The SMILES string of the molecule is Cc1nnc(C(C)C)n1C1CC2CC[C@@H](C1)N2CC[C@H](NC(=O)C12CC3CC(C1)C(F)(F)C2C3)c1ccccc1. The van der Waals surface area contributed by atoms with Gasteiger partial charge in [0.2, 0.25) is 5.91 Å². The molecule has 1 aromatic heterocycles. The van der Waals surface area contributed by atoms with E-state index in [1.807, 2.05) is 18.2 Å². The van der Waals surface area contributed by atoms with Crippen LogP contribution in [0.3, 0.4) is 0 Å². The lowest BCUT2D eigenvalue weighted by Gasteiger charge is -2.41. The number of hydrogen-bond donors (Lipinski definition) is 1. The van der Waals surface area contributed by atoms with Crippen LogP contribution >= 0.6 is 0 Å². The Labute approximate surface area is 236 Å². The van der Waals surface area contributed by atoms with Crippen LogP contribution in [0, 0.1) is 30.1 Å². The summed E-state index contributed by atoms with van der Waals surface area (Å²) < 4.78 is 32.6. The van der Waals surface area contributed by atoms with E-state index in [0.717, 1.165) is 43.0 Å². The molecule has 4 saturated carbocycles. The smallest absolute Gasteiger partial charge is 0.254 e. The number of alkyl halides is 2. The van der Waals surface area contributed by atoms with Crippen LogP contribution in [0.4, 0.5) is 8.78 Å². The summed E-state index contributed by atoms with van der Waals surface area (Å²) in [5, 5.41) is 12.2. The third-order valence-electron chi connectivity index (χ3n) is 11.4. The van der Waals surface area contributed by atoms with Crippen LogP contribution in [-0.4, -0.2) is 50.1 Å². The van der Waals surface area contributed by atoms with Crippen molar-refractivity contribution in [1.82, 2.24) is 25.0 Å². The number of fused-ring (bicyclic) bond motifs is 2. The molecular weight excluding hydrogens is 508 g/mol. The molecule has 6 fully saturated rings. The first-order chi connectivity index (χ1) is 19.2. The maximum absolute atomic E-state index is 15.1. The summed E-state index contributed by atoms with van der Waals surface area (Å²) >= 11 is 0. The summed E-state index contributed by atoms with van der Waals surface area (Å²) in [7, 11) is 0. The van der Waals surface area contributed by atoms with Crippen molar-refractivity contribution in [2.75, 3.05) is 6.54 Å². The van der Waals surface area contributed by atoms with Gasteiger partial charge < -0.3 is 9.88 Å². The first kappa shape index (κ1) is 26.5. The van der Waals surface area contributed by atoms with Gasteiger partial charge in [0.05, 0.1) is 11.5 Å². The van der Waals surface area contributed by atoms with Gasteiger partial charge >= 0.3 is 0 Å².